The van der Waals surface area contributed by atoms with Crippen LogP contribution in [0.2, 0.25) is 0 Å². The molecule has 2 heterocycles. The number of urea groups is 1. The number of pyridine rings is 1. The Labute approximate surface area is 168 Å². The van der Waals surface area contributed by atoms with Crippen molar-refractivity contribution in [3.05, 3.63) is 54.4 Å². The van der Waals surface area contributed by atoms with Gasteiger partial charge in [0.25, 0.3) is 17.5 Å². The lowest BCUT2D eigenvalue weighted by Crippen LogP contribution is -2.69. The van der Waals surface area contributed by atoms with Gasteiger partial charge in [0.1, 0.15) is 5.75 Å². The third kappa shape index (κ3) is 4.22. The molecule has 0 unspecified atom stereocenters. The van der Waals surface area contributed by atoms with E-state index in [1.807, 2.05) is 0 Å². The first-order chi connectivity index (χ1) is 14.3. The van der Waals surface area contributed by atoms with E-state index in [9.17, 15) is 40.7 Å². The summed E-state index contributed by atoms with van der Waals surface area (Å²) in [5.74, 6) is -3.99. The van der Waals surface area contributed by atoms with E-state index in [2.05, 4.69) is 9.72 Å². The van der Waals surface area contributed by atoms with Crippen LogP contribution < -0.4 is 20.3 Å². The van der Waals surface area contributed by atoms with Gasteiger partial charge in [0.15, 0.2) is 0 Å². The number of hydrogen-bond donors (Lipinski definition) is 2. The molecule has 0 bridgehead atoms. The van der Waals surface area contributed by atoms with E-state index in [1.54, 1.807) is 0 Å². The summed E-state index contributed by atoms with van der Waals surface area (Å²) in [6.45, 7) is 0. The number of benzene rings is 1. The van der Waals surface area contributed by atoms with Crippen molar-refractivity contribution in [3.63, 3.8) is 0 Å². The minimum Gasteiger partial charge on any atom is -0.406 e. The highest BCUT2D eigenvalue weighted by atomic mass is 19.4. The number of aromatic nitrogens is 1. The average Bonchev–Trinajstić information content (AvgIpc) is 2.92. The van der Waals surface area contributed by atoms with Crippen molar-refractivity contribution in [2.45, 2.75) is 18.2 Å². The summed E-state index contributed by atoms with van der Waals surface area (Å²) in [5.41, 5.74) is -4.61. The Bertz CT molecular complexity index is 1010. The number of rotatable bonds is 4. The molecule has 2 N–H and O–H groups in total. The summed E-state index contributed by atoms with van der Waals surface area (Å²) in [6, 6.07) is 3.78. The minimum absolute atomic E-state index is 0.0361. The zero-order chi connectivity index (χ0) is 23.0. The van der Waals surface area contributed by atoms with Gasteiger partial charge in [-0.25, -0.2) is 9.69 Å². The monoisotopic (exact) mass is 448 g/mol. The first-order valence-electron chi connectivity index (χ1n) is 8.16. The Morgan fingerprint density at radius 2 is 1.71 bits per heavy atom. The maximum atomic E-state index is 13.8. The Morgan fingerprint density at radius 3 is 2.23 bits per heavy atom. The van der Waals surface area contributed by atoms with Gasteiger partial charge in [-0.2, -0.15) is 13.2 Å². The standard InChI is InChI=1S/C17H10F6N4O4/c18-16(19,20)15(25-12(28)9-2-1-7-24-8-9)13(29)27(14(30)26-15)10-3-5-11(6-4-10)31-17(21,22)23/h1-8H,(H,25,28)(H,26,30)/t15-/m1/s1. The number of imide groups is 1. The van der Waals surface area contributed by atoms with Crippen molar-refractivity contribution < 1.29 is 45.5 Å². The number of halogens is 6. The summed E-state index contributed by atoms with van der Waals surface area (Å²) >= 11 is 0. The van der Waals surface area contributed by atoms with Gasteiger partial charge >= 0.3 is 18.6 Å². The first kappa shape index (κ1) is 21.9. The van der Waals surface area contributed by atoms with Crippen LogP contribution in [0.1, 0.15) is 10.4 Å². The summed E-state index contributed by atoms with van der Waals surface area (Å²) in [4.78, 5) is 40.7. The van der Waals surface area contributed by atoms with E-state index in [0.29, 0.717) is 12.1 Å². The van der Waals surface area contributed by atoms with Gasteiger partial charge in [0, 0.05) is 12.4 Å². The van der Waals surface area contributed by atoms with E-state index in [4.69, 9.17) is 0 Å². The molecule has 1 aliphatic heterocycles. The Kier molecular flexibility index (Phi) is 5.25. The molecular formula is C17H10F6N4O4. The highest BCUT2D eigenvalue weighted by Gasteiger charge is 2.69. The summed E-state index contributed by atoms with van der Waals surface area (Å²) in [6.07, 6.45) is -8.29. The Balaban J connectivity index is 1.93. The lowest BCUT2D eigenvalue weighted by atomic mass is 10.1. The molecule has 1 aromatic heterocycles. The zero-order valence-corrected chi connectivity index (χ0v) is 14.9. The molecule has 14 heteroatoms. The summed E-state index contributed by atoms with van der Waals surface area (Å²) in [7, 11) is 0. The van der Waals surface area contributed by atoms with Gasteiger partial charge in [-0.15, -0.1) is 13.2 Å². The Morgan fingerprint density at radius 1 is 1.06 bits per heavy atom. The van der Waals surface area contributed by atoms with Gasteiger partial charge in [-0.05, 0) is 36.4 Å². The molecule has 0 saturated carbocycles. The van der Waals surface area contributed by atoms with Crippen molar-refractivity contribution in [1.82, 2.24) is 15.6 Å². The number of carbonyl (C=O) groups excluding carboxylic acids is 3. The van der Waals surface area contributed by atoms with Crippen molar-refractivity contribution in [2.75, 3.05) is 4.90 Å². The molecule has 1 aromatic carbocycles. The fourth-order valence-corrected chi connectivity index (χ4v) is 2.65. The van der Waals surface area contributed by atoms with Crippen molar-refractivity contribution in [3.8, 4) is 5.75 Å². The third-order valence-electron chi connectivity index (χ3n) is 4.00. The predicted molar refractivity (Wildman–Crippen MR) is 89.6 cm³/mol. The number of nitrogens with zero attached hydrogens (tertiary/aromatic N) is 2. The highest BCUT2D eigenvalue weighted by Crippen LogP contribution is 2.36. The van der Waals surface area contributed by atoms with Crippen LogP contribution >= 0.6 is 0 Å². The number of hydrogen-bond acceptors (Lipinski definition) is 5. The van der Waals surface area contributed by atoms with Crippen LogP contribution in [-0.2, 0) is 4.79 Å². The van der Waals surface area contributed by atoms with Crippen LogP contribution in [0.3, 0.4) is 0 Å². The first-order valence-corrected chi connectivity index (χ1v) is 8.16. The molecule has 1 saturated heterocycles. The summed E-state index contributed by atoms with van der Waals surface area (Å²) in [5, 5.41) is 2.88. The molecule has 8 nitrogen and oxygen atoms in total. The van der Waals surface area contributed by atoms with Crippen LogP contribution in [0.25, 0.3) is 0 Å². The molecule has 0 radical (unpaired) electrons. The number of carbonyl (C=O) groups is 3. The van der Waals surface area contributed by atoms with E-state index < -0.39 is 47.5 Å². The smallest absolute Gasteiger partial charge is 0.406 e. The van der Waals surface area contributed by atoms with Crippen molar-refractivity contribution in [1.29, 1.82) is 0 Å². The summed E-state index contributed by atoms with van der Waals surface area (Å²) < 4.78 is 81.8. The number of ether oxygens (including phenoxy) is 1. The van der Waals surface area contributed by atoms with Gasteiger partial charge in [0.2, 0.25) is 0 Å². The fraction of sp³-hybridized carbons (Fsp3) is 0.176. The van der Waals surface area contributed by atoms with Crippen LogP contribution in [0.15, 0.2) is 48.8 Å². The highest BCUT2D eigenvalue weighted by molar-refractivity contribution is 6.24. The SMILES string of the molecule is O=C(N[C@@]1(C(F)(F)F)NC(=O)N(c2ccc(OC(F)(F)F)cc2)C1=O)c1cccnc1. The number of alkyl halides is 6. The molecule has 1 fully saturated rings. The minimum atomic E-state index is -5.47. The Hall–Kier alpha value is -3.84. The molecule has 2 aromatic rings. The maximum absolute atomic E-state index is 13.8. The predicted octanol–water partition coefficient (Wildman–Crippen LogP) is 2.73. The van der Waals surface area contributed by atoms with Gasteiger partial charge in [-0.3, -0.25) is 19.9 Å². The van der Waals surface area contributed by atoms with Crippen LogP contribution in [0.5, 0.6) is 5.75 Å². The molecule has 0 spiro atoms. The van der Waals surface area contributed by atoms with Gasteiger partial charge in [-0.1, -0.05) is 0 Å². The van der Waals surface area contributed by atoms with Crippen LogP contribution in [0.4, 0.5) is 36.8 Å². The maximum Gasteiger partial charge on any atom is 0.573 e. The molecule has 31 heavy (non-hydrogen) atoms. The fourth-order valence-electron chi connectivity index (χ4n) is 2.65. The lowest BCUT2D eigenvalue weighted by Gasteiger charge is -2.29. The quantitative estimate of drug-likeness (QED) is 0.554. The zero-order valence-electron chi connectivity index (χ0n) is 14.9. The van der Waals surface area contributed by atoms with E-state index in [0.717, 1.165) is 24.4 Å². The van der Waals surface area contributed by atoms with Crippen LogP contribution in [0, 0.1) is 0 Å². The molecular weight excluding hydrogens is 438 g/mol. The van der Waals surface area contributed by atoms with Crippen LogP contribution in [-0.4, -0.2) is 41.0 Å². The van der Waals surface area contributed by atoms with Gasteiger partial charge < -0.3 is 10.1 Å². The molecule has 0 aliphatic carbocycles. The number of anilines is 1. The number of amides is 4. The topological polar surface area (TPSA) is 101 Å². The van der Waals surface area contributed by atoms with E-state index in [1.165, 1.54) is 22.9 Å². The molecule has 1 aliphatic rings. The van der Waals surface area contributed by atoms with Crippen molar-refractivity contribution in [2.24, 2.45) is 0 Å². The van der Waals surface area contributed by atoms with E-state index in [-0.39, 0.29) is 10.5 Å². The third-order valence-corrected chi connectivity index (χ3v) is 4.00. The van der Waals surface area contributed by atoms with E-state index >= 15 is 0 Å². The van der Waals surface area contributed by atoms with Crippen molar-refractivity contribution >= 4 is 23.5 Å². The number of nitrogens with one attached hydrogen (secondary N) is 2. The second-order valence-corrected chi connectivity index (χ2v) is 6.06. The second kappa shape index (κ2) is 7.45. The largest absolute Gasteiger partial charge is 0.573 e. The van der Waals surface area contributed by atoms with Gasteiger partial charge in [0.05, 0.1) is 11.3 Å². The lowest BCUT2D eigenvalue weighted by molar-refractivity contribution is -0.274. The second-order valence-electron chi connectivity index (χ2n) is 6.06. The normalized spacial score (nSPS) is 19.2. The molecule has 3 rings (SSSR count). The molecule has 164 valence electrons. The molecule has 4 amide bonds. The average molecular weight is 448 g/mol. The molecule has 1 atom stereocenters.